The second-order valence-electron chi connectivity index (χ2n) is 7.82. The molecule has 5 heteroatoms. The first kappa shape index (κ1) is 20.6. The summed E-state index contributed by atoms with van der Waals surface area (Å²) >= 11 is 13.0. The van der Waals surface area contributed by atoms with Crippen molar-refractivity contribution in [3.05, 3.63) is 106 Å². The molecule has 0 saturated carbocycles. The first-order valence-electron chi connectivity index (χ1n) is 10.2. The van der Waals surface area contributed by atoms with Gasteiger partial charge in [0, 0.05) is 38.5 Å². The predicted molar refractivity (Wildman–Crippen MR) is 133 cm³/mol. The van der Waals surface area contributed by atoms with Crippen molar-refractivity contribution < 1.29 is 4.79 Å². The molecular formula is C27H19Cl2N2O. The van der Waals surface area contributed by atoms with Crippen LogP contribution in [0.2, 0.25) is 10.0 Å². The lowest BCUT2D eigenvalue weighted by Gasteiger charge is -2.12. The number of amides is 1. The van der Waals surface area contributed by atoms with E-state index in [0.29, 0.717) is 22.2 Å². The van der Waals surface area contributed by atoms with Crippen molar-refractivity contribution in [1.82, 2.24) is 4.57 Å². The zero-order chi connectivity index (χ0) is 22.4. The molecule has 1 heterocycles. The number of carbonyl (C=O) groups excluding carboxylic acids is 1. The molecule has 1 amide bonds. The van der Waals surface area contributed by atoms with Crippen LogP contribution in [0.25, 0.3) is 32.9 Å². The number of hydrogen-bond acceptors (Lipinski definition) is 1. The molecule has 0 aliphatic rings. The predicted octanol–water partition coefficient (Wildman–Crippen LogP) is 7.02. The van der Waals surface area contributed by atoms with E-state index >= 15 is 0 Å². The molecule has 1 aromatic heterocycles. The quantitative estimate of drug-likeness (QED) is 0.309. The zero-order valence-electron chi connectivity index (χ0n) is 17.3. The molecule has 5 rings (SSSR count). The van der Waals surface area contributed by atoms with E-state index < -0.39 is 5.91 Å². The van der Waals surface area contributed by atoms with Crippen molar-refractivity contribution in [3.8, 4) is 11.1 Å². The lowest BCUT2D eigenvalue weighted by atomic mass is 10.0. The maximum atomic E-state index is 12.2. The number of aromatic nitrogens is 1. The lowest BCUT2D eigenvalue weighted by molar-refractivity contribution is 0.100. The van der Waals surface area contributed by atoms with Gasteiger partial charge in [0.15, 0.2) is 0 Å². The highest BCUT2D eigenvalue weighted by atomic mass is 35.5. The molecule has 0 aliphatic carbocycles. The van der Waals surface area contributed by atoms with Gasteiger partial charge in [0.25, 0.3) is 0 Å². The Kier molecular flexibility index (Phi) is 5.16. The average molecular weight is 458 g/mol. The third-order valence-electron chi connectivity index (χ3n) is 5.90. The van der Waals surface area contributed by atoms with Crippen molar-refractivity contribution in [2.75, 3.05) is 0 Å². The largest absolute Gasteiger partial charge is 0.366 e. The van der Waals surface area contributed by atoms with Gasteiger partial charge in [-0.15, -0.1) is 0 Å². The van der Waals surface area contributed by atoms with Gasteiger partial charge in [0.2, 0.25) is 5.91 Å². The van der Waals surface area contributed by atoms with Crippen molar-refractivity contribution in [1.29, 1.82) is 0 Å². The van der Waals surface area contributed by atoms with E-state index in [4.69, 9.17) is 28.9 Å². The van der Waals surface area contributed by atoms with E-state index in [1.165, 1.54) is 11.1 Å². The molecule has 4 aromatic carbocycles. The number of hydrogen-bond donors (Lipinski definition) is 1. The number of nitrogens with two attached hydrogens (primary N) is 1. The monoisotopic (exact) mass is 457 g/mol. The van der Waals surface area contributed by atoms with Crippen LogP contribution in [-0.4, -0.2) is 10.5 Å². The molecular weight excluding hydrogens is 439 g/mol. The number of halogens is 2. The Morgan fingerprint density at radius 1 is 0.969 bits per heavy atom. The lowest BCUT2D eigenvalue weighted by Crippen LogP contribution is -2.11. The topological polar surface area (TPSA) is 48.0 Å². The Labute approximate surface area is 196 Å². The van der Waals surface area contributed by atoms with E-state index in [2.05, 4.69) is 35.8 Å². The van der Waals surface area contributed by atoms with Crippen LogP contribution in [0.4, 0.5) is 0 Å². The third kappa shape index (κ3) is 3.35. The molecule has 32 heavy (non-hydrogen) atoms. The van der Waals surface area contributed by atoms with Crippen LogP contribution in [0.1, 0.15) is 21.5 Å². The Morgan fingerprint density at radius 3 is 2.41 bits per heavy atom. The Morgan fingerprint density at radius 2 is 1.69 bits per heavy atom. The van der Waals surface area contributed by atoms with Crippen molar-refractivity contribution in [3.63, 3.8) is 0 Å². The minimum absolute atomic E-state index is 0.461. The fraction of sp³-hybridized carbons (Fsp3) is 0.0741. The number of rotatable bonds is 4. The summed E-state index contributed by atoms with van der Waals surface area (Å²) in [6.45, 7) is 2.74. The van der Waals surface area contributed by atoms with Crippen LogP contribution in [0.15, 0.2) is 72.8 Å². The molecule has 0 fully saturated rings. The molecule has 5 aromatic rings. The highest BCUT2D eigenvalue weighted by Crippen LogP contribution is 2.39. The third-order valence-corrected chi connectivity index (χ3v) is 6.53. The molecule has 0 bridgehead atoms. The van der Waals surface area contributed by atoms with Crippen LogP contribution >= 0.6 is 23.2 Å². The van der Waals surface area contributed by atoms with Gasteiger partial charge in [0.05, 0.1) is 11.0 Å². The summed E-state index contributed by atoms with van der Waals surface area (Å²) in [6, 6.07) is 26.7. The van der Waals surface area contributed by atoms with Gasteiger partial charge >= 0.3 is 0 Å². The van der Waals surface area contributed by atoms with Crippen LogP contribution in [0.3, 0.4) is 0 Å². The molecule has 0 aliphatic heterocycles. The van der Waals surface area contributed by atoms with Gasteiger partial charge in [-0.3, -0.25) is 4.79 Å². The minimum Gasteiger partial charge on any atom is -0.366 e. The zero-order valence-corrected chi connectivity index (χ0v) is 18.8. The molecule has 3 nitrogen and oxygen atoms in total. The fourth-order valence-corrected chi connectivity index (χ4v) is 4.92. The van der Waals surface area contributed by atoms with Crippen LogP contribution in [0, 0.1) is 13.0 Å². The Hall–Kier alpha value is -3.27. The first-order chi connectivity index (χ1) is 15.5. The number of primary amides is 1. The average Bonchev–Trinajstić information content (AvgIpc) is 3.08. The summed E-state index contributed by atoms with van der Waals surface area (Å²) in [5.74, 6) is -0.461. The van der Waals surface area contributed by atoms with Gasteiger partial charge in [-0.2, -0.15) is 0 Å². The maximum Gasteiger partial charge on any atom is 0.249 e. The van der Waals surface area contributed by atoms with Crippen molar-refractivity contribution in [2.45, 2.75) is 13.5 Å². The van der Waals surface area contributed by atoms with E-state index in [1.807, 2.05) is 48.5 Å². The highest BCUT2D eigenvalue weighted by molar-refractivity contribution is 6.39. The fourth-order valence-electron chi connectivity index (χ4n) is 4.31. The molecule has 2 N–H and O–H groups in total. The SMILES string of the molecule is Cc1ccccc1Cn1c2cc(-c3c(Cl)cccc3Cl)c[c]c2c2c(C(N)=O)cccc21. The summed E-state index contributed by atoms with van der Waals surface area (Å²) in [4.78, 5) is 12.2. The van der Waals surface area contributed by atoms with Gasteiger partial charge in [-0.25, -0.2) is 0 Å². The number of aryl methyl sites for hydroxylation is 1. The number of fused-ring (bicyclic) bond motifs is 3. The van der Waals surface area contributed by atoms with Gasteiger partial charge < -0.3 is 10.3 Å². The first-order valence-corrected chi connectivity index (χ1v) is 11.0. The molecule has 0 unspecified atom stereocenters. The van der Waals surface area contributed by atoms with Crippen LogP contribution in [0.5, 0.6) is 0 Å². The summed E-state index contributed by atoms with van der Waals surface area (Å²) in [7, 11) is 0. The van der Waals surface area contributed by atoms with Crippen molar-refractivity contribution in [2.24, 2.45) is 5.73 Å². The number of benzene rings is 4. The molecule has 157 valence electrons. The summed E-state index contributed by atoms with van der Waals surface area (Å²) in [5, 5.41) is 2.80. The normalized spacial score (nSPS) is 11.3. The van der Waals surface area contributed by atoms with Crippen molar-refractivity contribution >= 4 is 50.9 Å². The Balaban J connectivity index is 1.85. The standard InChI is InChI=1S/C27H19Cl2N2O/c1-16-6-2-3-7-18(16)15-31-23-11-4-8-20(27(30)32)26(23)19-13-12-17(14-24(19)31)25-21(28)9-5-10-22(25)29/h2-12,14H,15H2,1H3,(H2,30,32). The summed E-state index contributed by atoms with van der Waals surface area (Å²) in [6.07, 6.45) is 0. The smallest absolute Gasteiger partial charge is 0.249 e. The number of carbonyl (C=O) groups is 1. The van der Waals surface area contributed by atoms with E-state index in [-0.39, 0.29) is 0 Å². The van der Waals surface area contributed by atoms with E-state index in [9.17, 15) is 4.79 Å². The highest BCUT2D eigenvalue weighted by Gasteiger charge is 2.19. The van der Waals surface area contributed by atoms with Gasteiger partial charge in [-0.1, -0.05) is 59.6 Å². The number of nitrogens with zero attached hydrogens (tertiary/aromatic N) is 1. The van der Waals surface area contributed by atoms with E-state index in [1.54, 1.807) is 6.07 Å². The molecule has 0 spiro atoms. The molecule has 0 atom stereocenters. The van der Waals surface area contributed by atoms with Crippen LogP contribution in [-0.2, 0) is 6.54 Å². The van der Waals surface area contributed by atoms with Gasteiger partial charge in [-0.05, 0) is 66.1 Å². The second-order valence-corrected chi connectivity index (χ2v) is 8.64. The minimum atomic E-state index is -0.461. The van der Waals surface area contributed by atoms with Gasteiger partial charge in [0.1, 0.15) is 0 Å². The second kappa shape index (κ2) is 8.01. The Bertz CT molecular complexity index is 1500. The van der Waals surface area contributed by atoms with E-state index in [0.717, 1.165) is 32.9 Å². The summed E-state index contributed by atoms with van der Waals surface area (Å²) < 4.78 is 2.20. The summed E-state index contributed by atoms with van der Waals surface area (Å²) in [5.41, 5.74) is 12.1. The maximum absolute atomic E-state index is 12.2. The molecule has 1 radical (unpaired) electrons. The van der Waals surface area contributed by atoms with Crippen LogP contribution < -0.4 is 5.73 Å². The molecule has 0 saturated heterocycles.